The molecule has 0 saturated carbocycles. The molecule has 0 spiro atoms. The van der Waals surface area contributed by atoms with Crippen LogP contribution < -0.4 is 5.73 Å². The van der Waals surface area contributed by atoms with E-state index in [-0.39, 0.29) is 18.8 Å². The standard InChI is InChI=1S/C16H31N5O4/c1-3-5-19-9-20(6-4-2)15-11(14(19)17)21(8-18-15)16-13(24)12(23)10(7-22)25-16/h10-14,16,22-24H,3-9,17H2,1-2H3/t10-,11?,12-,13-,14?,16-/m0/s1. The van der Waals surface area contributed by atoms with E-state index in [4.69, 9.17) is 10.5 Å². The van der Waals surface area contributed by atoms with Gasteiger partial charge in [0, 0.05) is 13.1 Å². The van der Waals surface area contributed by atoms with E-state index in [1.165, 1.54) is 0 Å². The molecule has 9 nitrogen and oxygen atoms in total. The Kier molecular flexibility index (Phi) is 5.94. The van der Waals surface area contributed by atoms with Crippen molar-refractivity contribution in [2.24, 2.45) is 10.7 Å². The van der Waals surface area contributed by atoms with Crippen LogP contribution in [0.1, 0.15) is 26.7 Å². The van der Waals surface area contributed by atoms with E-state index in [9.17, 15) is 15.3 Å². The van der Waals surface area contributed by atoms with Gasteiger partial charge in [0.05, 0.1) is 26.1 Å². The lowest BCUT2D eigenvalue weighted by atomic mass is 10.1. The number of aliphatic hydroxyl groups excluding tert-OH is 3. The van der Waals surface area contributed by atoms with Crippen molar-refractivity contribution in [2.45, 2.75) is 63.4 Å². The van der Waals surface area contributed by atoms with Crippen molar-refractivity contribution >= 4 is 5.84 Å². The summed E-state index contributed by atoms with van der Waals surface area (Å²) in [5.41, 5.74) is 6.54. The van der Waals surface area contributed by atoms with Crippen molar-refractivity contribution in [3.8, 4) is 0 Å². The summed E-state index contributed by atoms with van der Waals surface area (Å²) in [6.07, 6.45) is -1.97. The Balaban J connectivity index is 1.82. The first kappa shape index (κ1) is 19.0. The van der Waals surface area contributed by atoms with E-state index in [0.29, 0.717) is 6.67 Å². The molecule has 25 heavy (non-hydrogen) atoms. The lowest BCUT2D eigenvalue weighted by Gasteiger charge is -2.47. The van der Waals surface area contributed by atoms with Crippen molar-refractivity contribution in [3.63, 3.8) is 0 Å². The number of amidine groups is 1. The number of nitrogens with zero attached hydrogens (tertiary/aromatic N) is 4. The van der Waals surface area contributed by atoms with Crippen LogP contribution in [0, 0.1) is 0 Å². The molecule has 0 aromatic carbocycles. The normalized spacial score (nSPS) is 39.8. The molecule has 0 amide bonds. The van der Waals surface area contributed by atoms with Gasteiger partial charge in [-0.25, -0.2) is 4.90 Å². The summed E-state index contributed by atoms with van der Waals surface area (Å²) in [5, 5.41) is 29.8. The molecule has 144 valence electrons. The predicted octanol–water partition coefficient (Wildman–Crippen LogP) is -1.85. The van der Waals surface area contributed by atoms with E-state index < -0.39 is 24.5 Å². The van der Waals surface area contributed by atoms with Gasteiger partial charge in [0.25, 0.3) is 0 Å². The van der Waals surface area contributed by atoms with Crippen molar-refractivity contribution in [1.82, 2.24) is 14.7 Å². The molecule has 0 bridgehead atoms. The van der Waals surface area contributed by atoms with Gasteiger partial charge in [-0.3, -0.25) is 9.89 Å². The van der Waals surface area contributed by atoms with Gasteiger partial charge in [-0.15, -0.1) is 0 Å². The minimum Gasteiger partial charge on any atom is -0.394 e. The first-order valence-electron chi connectivity index (χ1n) is 9.20. The topological polar surface area (TPSA) is 118 Å². The van der Waals surface area contributed by atoms with Crippen LogP contribution in [0.15, 0.2) is 4.99 Å². The maximum Gasteiger partial charge on any atom is 0.142 e. The molecule has 3 aliphatic heterocycles. The molecule has 0 radical (unpaired) electrons. The van der Waals surface area contributed by atoms with Crippen LogP contribution >= 0.6 is 0 Å². The molecule has 6 atom stereocenters. The summed E-state index contributed by atoms with van der Waals surface area (Å²) in [7, 11) is 0. The third-order valence-corrected chi connectivity index (χ3v) is 5.29. The Morgan fingerprint density at radius 2 is 1.92 bits per heavy atom. The second kappa shape index (κ2) is 7.83. The number of fused-ring (bicyclic) bond motifs is 1. The van der Waals surface area contributed by atoms with Gasteiger partial charge in [0.1, 0.15) is 36.4 Å². The monoisotopic (exact) mass is 357 g/mol. The highest BCUT2D eigenvalue weighted by Gasteiger charge is 2.52. The Hall–Kier alpha value is -0.810. The zero-order chi connectivity index (χ0) is 18.1. The van der Waals surface area contributed by atoms with E-state index >= 15 is 0 Å². The second-order valence-electron chi connectivity index (χ2n) is 7.05. The summed E-state index contributed by atoms with van der Waals surface area (Å²) in [4.78, 5) is 11.0. The van der Waals surface area contributed by atoms with Crippen LogP contribution in [-0.2, 0) is 4.74 Å². The fraction of sp³-hybridized carbons (Fsp3) is 0.938. The minimum absolute atomic E-state index is 0.198. The molecule has 2 saturated heterocycles. The number of aliphatic imine (C=N–C) groups is 1. The van der Waals surface area contributed by atoms with E-state index in [2.05, 4.69) is 28.6 Å². The zero-order valence-corrected chi connectivity index (χ0v) is 15.0. The van der Waals surface area contributed by atoms with Gasteiger partial charge in [-0.05, 0) is 12.8 Å². The molecule has 2 unspecified atom stereocenters. The molecule has 0 aliphatic carbocycles. The van der Waals surface area contributed by atoms with Gasteiger partial charge in [-0.2, -0.15) is 0 Å². The average Bonchev–Trinajstić information content (AvgIpc) is 3.15. The highest BCUT2D eigenvalue weighted by atomic mass is 16.6. The van der Waals surface area contributed by atoms with Gasteiger partial charge in [0.15, 0.2) is 0 Å². The number of hydrogen-bond acceptors (Lipinski definition) is 9. The quantitative estimate of drug-likeness (QED) is 0.437. The lowest BCUT2D eigenvalue weighted by Crippen LogP contribution is -2.69. The van der Waals surface area contributed by atoms with Crippen LogP contribution in [0.4, 0.5) is 0 Å². The Labute approximate surface area is 148 Å². The fourth-order valence-electron chi connectivity index (χ4n) is 4.06. The van der Waals surface area contributed by atoms with Gasteiger partial charge in [0.2, 0.25) is 0 Å². The molecule has 0 aromatic rings. The van der Waals surface area contributed by atoms with E-state index in [1.807, 2.05) is 4.90 Å². The molecule has 0 aromatic heterocycles. The summed E-state index contributed by atoms with van der Waals surface area (Å²) < 4.78 is 5.72. The molecule has 3 aliphatic rings. The van der Waals surface area contributed by atoms with Crippen LogP contribution in [0.2, 0.25) is 0 Å². The molecular formula is C16H31N5O4. The van der Waals surface area contributed by atoms with Crippen molar-refractivity contribution in [2.75, 3.05) is 33.0 Å². The summed E-state index contributed by atoms with van der Waals surface area (Å²) in [5.74, 6) is 0.930. The molecular weight excluding hydrogens is 326 g/mol. The smallest absolute Gasteiger partial charge is 0.142 e. The second-order valence-corrected chi connectivity index (χ2v) is 7.05. The molecule has 5 N–H and O–H groups in total. The first-order valence-corrected chi connectivity index (χ1v) is 9.20. The van der Waals surface area contributed by atoms with Crippen LogP contribution in [0.3, 0.4) is 0 Å². The number of aliphatic hydroxyl groups is 3. The summed E-state index contributed by atoms with van der Waals surface area (Å²) in [6.45, 7) is 6.81. The fourth-order valence-corrected chi connectivity index (χ4v) is 4.06. The number of nitrogens with two attached hydrogens (primary N) is 1. The van der Waals surface area contributed by atoms with Crippen molar-refractivity contribution < 1.29 is 20.1 Å². The summed E-state index contributed by atoms with van der Waals surface area (Å²) >= 11 is 0. The predicted molar refractivity (Wildman–Crippen MR) is 92.5 cm³/mol. The maximum absolute atomic E-state index is 10.4. The highest BCUT2D eigenvalue weighted by Crippen LogP contribution is 2.31. The third-order valence-electron chi connectivity index (χ3n) is 5.29. The van der Waals surface area contributed by atoms with Crippen LogP contribution in [-0.4, -0.2) is 106 Å². The highest BCUT2D eigenvalue weighted by molar-refractivity contribution is 5.90. The zero-order valence-electron chi connectivity index (χ0n) is 15.0. The minimum atomic E-state index is -1.11. The summed E-state index contributed by atoms with van der Waals surface area (Å²) in [6, 6.07) is -0.198. The molecule has 3 heterocycles. The Morgan fingerprint density at radius 3 is 2.52 bits per heavy atom. The van der Waals surface area contributed by atoms with Gasteiger partial charge < -0.3 is 30.7 Å². The largest absolute Gasteiger partial charge is 0.394 e. The Morgan fingerprint density at radius 1 is 1.20 bits per heavy atom. The Bertz CT molecular complexity index is 493. The lowest BCUT2D eigenvalue weighted by molar-refractivity contribution is -0.112. The van der Waals surface area contributed by atoms with Crippen LogP contribution in [0.25, 0.3) is 0 Å². The first-order chi connectivity index (χ1) is 12.0. The SMILES string of the molecule is CCCN1CN(CCC)C(N)C2C1=NCN2[C@H]1O[C@@H](CO)[C@H](O)[C@@H]1O. The number of ether oxygens (including phenoxy) is 1. The van der Waals surface area contributed by atoms with Crippen molar-refractivity contribution in [1.29, 1.82) is 0 Å². The van der Waals surface area contributed by atoms with Gasteiger partial charge >= 0.3 is 0 Å². The maximum atomic E-state index is 10.4. The van der Waals surface area contributed by atoms with E-state index in [1.54, 1.807) is 0 Å². The third kappa shape index (κ3) is 3.30. The number of rotatable bonds is 6. The number of hydrogen-bond donors (Lipinski definition) is 4. The van der Waals surface area contributed by atoms with Gasteiger partial charge in [-0.1, -0.05) is 13.8 Å². The van der Waals surface area contributed by atoms with Crippen LogP contribution in [0.5, 0.6) is 0 Å². The molecule has 2 fully saturated rings. The molecule has 3 rings (SSSR count). The van der Waals surface area contributed by atoms with Crippen molar-refractivity contribution in [3.05, 3.63) is 0 Å². The van der Waals surface area contributed by atoms with E-state index in [0.717, 1.165) is 38.4 Å². The molecule has 9 heteroatoms. The average molecular weight is 357 g/mol.